The zero-order chi connectivity index (χ0) is 21.0. The summed E-state index contributed by atoms with van der Waals surface area (Å²) in [6.45, 7) is 4.55. The Balaban J connectivity index is 1.80. The van der Waals surface area contributed by atoms with Crippen LogP contribution in [0.2, 0.25) is 0 Å². The molecule has 29 heavy (non-hydrogen) atoms. The predicted molar refractivity (Wildman–Crippen MR) is 105 cm³/mol. The van der Waals surface area contributed by atoms with Gasteiger partial charge in [-0.15, -0.1) is 0 Å². The first-order chi connectivity index (χ1) is 13.9. The highest BCUT2D eigenvalue weighted by atomic mass is 16.4. The maximum Gasteiger partial charge on any atom is 0.326 e. The number of nitrogens with zero attached hydrogens (tertiary/aromatic N) is 4. The Morgan fingerprint density at radius 2 is 2.07 bits per heavy atom. The van der Waals surface area contributed by atoms with Gasteiger partial charge >= 0.3 is 5.97 Å². The summed E-state index contributed by atoms with van der Waals surface area (Å²) in [7, 11) is 0. The van der Waals surface area contributed by atoms with Gasteiger partial charge in [0.25, 0.3) is 11.8 Å². The molecule has 0 unspecified atom stereocenters. The van der Waals surface area contributed by atoms with E-state index in [9.17, 15) is 19.5 Å². The van der Waals surface area contributed by atoms with E-state index in [0.717, 1.165) is 5.56 Å². The second-order valence-electron chi connectivity index (χ2n) is 7.31. The molecule has 2 aromatic rings. The summed E-state index contributed by atoms with van der Waals surface area (Å²) in [5.74, 6) is -1.52. The van der Waals surface area contributed by atoms with Gasteiger partial charge in [-0.2, -0.15) is 0 Å². The van der Waals surface area contributed by atoms with Crippen LogP contribution in [0.25, 0.3) is 0 Å². The highest BCUT2D eigenvalue weighted by Crippen LogP contribution is 2.21. The summed E-state index contributed by atoms with van der Waals surface area (Å²) >= 11 is 0. The Bertz CT molecular complexity index is 901. The fourth-order valence-corrected chi connectivity index (χ4v) is 3.48. The minimum Gasteiger partial charge on any atom is -0.480 e. The first-order valence-corrected chi connectivity index (χ1v) is 9.58. The Kier molecular flexibility index (Phi) is 6.21. The van der Waals surface area contributed by atoms with E-state index in [2.05, 4.69) is 9.97 Å². The normalized spacial score (nSPS) is 16.1. The molecule has 1 aliphatic rings. The molecule has 2 amide bonds. The predicted octanol–water partition coefficient (Wildman–Crippen LogP) is 2.22. The number of rotatable bonds is 6. The number of amides is 2. The SMILES string of the molecule is CC(C)N(Cc1cccc(C(=O)N2CCC[C@@H]2C(=O)O)c1)C(=O)c1cnccn1. The Labute approximate surface area is 169 Å². The number of carbonyl (C=O) groups is 3. The molecule has 2 heterocycles. The molecule has 1 atom stereocenters. The lowest BCUT2D eigenvalue weighted by molar-refractivity contribution is -0.141. The molecule has 0 spiro atoms. The Morgan fingerprint density at radius 3 is 2.72 bits per heavy atom. The minimum atomic E-state index is -0.979. The van der Waals surface area contributed by atoms with Crippen molar-refractivity contribution in [3.8, 4) is 0 Å². The molecule has 1 aliphatic heterocycles. The van der Waals surface area contributed by atoms with E-state index in [1.165, 1.54) is 23.5 Å². The van der Waals surface area contributed by atoms with E-state index in [1.54, 1.807) is 23.1 Å². The van der Waals surface area contributed by atoms with Crippen molar-refractivity contribution < 1.29 is 19.5 Å². The minimum absolute atomic E-state index is 0.0844. The van der Waals surface area contributed by atoms with Gasteiger partial charge in [0, 0.05) is 37.1 Å². The molecule has 0 saturated carbocycles. The zero-order valence-electron chi connectivity index (χ0n) is 16.5. The van der Waals surface area contributed by atoms with Crippen LogP contribution in [0.4, 0.5) is 0 Å². The molecule has 1 N–H and O–H groups in total. The smallest absolute Gasteiger partial charge is 0.326 e. The molecular formula is C21H24N4O4. The van der Waals surface area contributed by atoms with Crippen molar-refractivity contribution in [3.05, 3.63) is 59.7 Å². The number of carbonyl (C=O) groups excluding carboxylic acids is 2. The Morgan fingerprint density at radius 1 is 1.28 bits per heavy atom. The van der Waals surface area contributed by atoms with Crippen LogP contribution in [0.5, 0.6) is 0 Å². The summed E-state index contributed by atoms with van der Waals surface area (Å²) < 4.78 is 0. The maximum absolute atomic E-state index is 12.9. The van der Waals surface area contributed by atoms with Crippen LogP contribution in [0.3, 0.4) is 0 Å². The van der Waals surface area contributed by atoms with Crippen LogP contribution < -0.4 is 0 Å². The van der Waals surface area contributed by atoms with Crippen molar-refractivity contribution in [2.45, 2.75) is 45.3 Å². The molecule has 1 aromatic heterocycles. The van der Waals surface area contributed by atoms with E-state index >= 15 is 0 Å². The second-order valence-corrected chi connectivity index (χ2v) is 7.31. The number of likely N-dealkylation sites (tertiary alicyclic amines) is 1. The van der Waals surface area contributed by atoms with Crippen molar-refractivity contribution in [2.24, 2.45) is 0 Å². The van der Waals surface area contributed by atoms with E-state index in [1.807, 2.05) is 19.9 Å². The molecule has 152 valence electrons. The van der Waals surface area contributed by atoms with Crippen molar-refractivity contribution in [3.63, 3.8) is 0 Å². The fraction of sp³-hybridized carbons (Fsp3) is 0.381. The van der Waals surface area contributed by atoms with Crippen LogP contribution in [-0.2, 0) is 11.3 Å². The highest BCUT2D eigenvalue weighted by molar-refractivity contribution is 5.97. The number of benzene rings is 1. The first-order valence-electron chi connectivity index (χ1n) is 9.58. The summed E-state index contributed by atoms with van der Waals surface area (Å²) in [4.78, 5) is 48.2. The van der Waals surface area contributed by atoms with E-state index in [-0.39, 0.29) is 23.6 Å². The molecule has 0 radical (unpaired) electrons. The number of hydrogen-bond acceptors (Lipinski definition) is 5. The lowest BCUT2D eigenvalue weighted by Gasteiger charge is -2.27. The molecular weight excluding hydrogens is 372 g/mol. The van der Waals surface area contributed by atoms with Gasteiger partial charge in [-0.05, 0) is 44.4 Å². The number of carboxylic acids is 1. The van der Waals surface area contributed by atoms with Crippen LogP contribution in [-0.4, -0.2) is 61.3 Å². The third kappa shape index (κ3) is 4.59. The summed E-state index contributed by atoms with van der Waals surface area (Å²) in [5.41, 5.74) is 1.47. The van der Waals surface area contributed by atoms with Crippen molar-refractivity contribution in [2.75, 3.05) is 6.54 Å². The third-order valence-corrected chi connectivity index (χ3v) is 4.99. The molecule has 8 nitrogen and oxygen atoms in total. The standard InChI is InChI=1S/C21H24N4O4/c1-14(2)25(20(27)17-12-22-8-9-23-17)13-15-5-3-6-16(11-15)19(26)24-10-4-7-18(24)21(28)29/h3,5-6,8-9,11-12,14,18H,4,7,10,13H2,1-2H3,(H,28,29)/t18-/m1/s1. The van der Waals surface area contributed by atoms with Crippen LogP contribution >= 0.6 is 0 Å². The third-order valence-electron chi connectivity index (χ3n) is 4.99. The molecule has 0 bridgehead atoms. The van der Waals surface area contributed by atoms with Crippen molar-refractivity contribution in [1.29, 1.82) is 0 Å². The monoisotopic (exact) mass is 396 g/mol. The number of carboxylic acid groups (broad SMARTS) is 1. The average molecular weight is 396 g/mol. The van der Waals surface area contributed by atoms with Gasteiger partial charge in [0.2, 0.25) is 0 Å². The maximum atomic E-state index is 12.9. The summed E-state index contributed by atoms with van der Waals surface area (Å²) in [6, 6.07) is 6.12. The lowest BCUT2D eigenvalue weighted by Crippen LogP contribution is -2.40. The fourth-order valence-electron chi connectivity index (χ4n) is 3.48. The van der Waals surface area contributed by atoms with Crippen LogP contribution in [0.1, 0.15) is 53.1 Å². The number of aliphatic carboxylic acids is 1. The highest BCUT2D eigenvalue weighted by Gasteiger charge is 2.34. The van der Waals surface area contributed by atoms with Gasteiger partial charge in [0.05, 0.1) is 6.20 Å². The van der Waals surface area contributed by atoms with Crippen molar-refractivity contribution in [1.82, 2.24) is 19.8 Å². The van der Waals surface area contributed by atoms with E-state index in [0.29, 0.717) is 31.5 Å². The van der Waals surface area contributed by atoms with E-state index in [4.69, 9.17) is 0 Å². The van der Waals surface area contributed by atoms with E-state index < -0.39 is 12.0 Å². The Hall–Kier alpha value is -3.29. The molecule has 1 aromatic carbocycles. The molecule has 0 aliphatic carbocycles. The van der Waals surface area contributed by atoms with Crippen LogP contribution in [0.15, 0.2) is 42.9 Å². The number of aromatic nitrogens is 2. The van der Waals surface area contributed by atoms with Gasteiger partial charge < -0.3 is 14.9 Å². The summed E-state index contributed by atoms with van der Waals surface area (Å²) in [6.07, 6.45) is 5.55. The van der Waals surface area contributed by atoms with Crippen molar-refractivity contribution >= 4 is 17.8 Å². The van der Waals surface area contributed by atoms with Gasteiger partial charge in [-0.25, -0.2) is 9.78 Å². The molecule has 3 rings (SSSR count). The second kappa shape index (κ2) is 8.81. The van der Waals surface area contributed by atoms with Crippen LogP contribution in [0, 0.1) is 0 Å². The van der Waals surface area contributed by atoms with Gasteiger partial charge in [-0.3, -0.25) is 14.6 Å². The quantitative estimate of drug-likeness (QED) is 0.803. The lowest BCUT2D eigenvalue weighted by atomic mass is 10.1. The zero-order valence-corrected chi connectivity index (χ0v) is 16.5. The van der Waals surface area contributed by atoms with Gasteiger partial charge in [0.15, 0.2) is 0 Å². The van der Waals surface area contributed by atoms with Gasteiger partial charge in [0.1, 0.15) is 11.7 Å². The summed E-state index contributed by atoms with van der Waals surface area (Å²) in [5, 5.41) is 9.33. The number of hydrogen-bond donors (Lipinski definition) is 1. The molecule has 1 saturated heterocycles. The first kappa shape index (κ1) is 20.4. The molecule has 8 heteroatoms. The average Bonchev–Trinajstić information content (AvgIpc) is 3.22. The molecule has 1 fully saturated rings. The largest absolute Gasteiger partial charge is 0.480 e. The van der Waals surface area contributed by atoms with Gasteiger partial charge in [-0.1, -0.05) is 12.1 Å². The topological polar surface area (TPSA) is 104 Å².